The Bertz CT molecular complexity index is 1750. The van der Waals surface area contributed by atoms with E-state index in [4.69, 9.17) is 22.3 Å². The first kappa shape index (κ1) is 26.9. The Hall–Kier alpha value is -4.33. The molecule has 5 aromatic rings. The fraction of sp³-hybridized carbons (Fsp3) is 0.222. The van der Waals surface area contributed by atoms with Crippen molar-refractivity contribution in [1.82, 2.24) is 9.55 Å². The van der Waals surface area contributed by atoms with Gasteiger partial charge in [0.1, 0.15) is 5.82 Å². The molecular formula is C36H33ClN4. The van der Waals surface area contributed by atoms with Crippen LogP contribution in [0.1, 0.15) is 60.4 Å². The maximum Gasteiger partial charge on any atom is 0.141 e. The number of benzene rings is 4. The SMILES string of the molecule is C=C(N)c1ccc2c(c1)nc(-c1ccc(CCc3cc(C#N)ccc3-c3ccc(Cl)cc3)cc1)n2C1CCCCC1. The third kappa shape index (κ3) is 5.64. The van der Waals surface area contributed by atoms with Gasteiger partial charge in [-0.15, -0.1) is 0 Å². The van der Waals surface area contributed by atoms with Crippen molar-refractivity contribution < 1.29 is 0 Å². The fourth-order valence-corrected chi connectivity index (χ4v) is 6.22. The van der Waals surface area contributed by atoms with Gasteiger partial charge in [-0.3, -0.25) is 0 Å². The monoisotopic (exact) mass is 556 g/mol. The van der Waals surface area contributed by atoms with Crippen LogP contribution in [0.4, 0.5) is 0 Å². The summed E-state index contributed by atoms with van der Waals surface area (Å²) in [5.41, 5.74) is 16.1. The minimum Gasteiger partial charge on any atom is -0.399 e. The fourth-order valence-electron chi connectivity index (χ4n) is 6.09. The lowest BCUT2D eigenvalue weighted by Crippen LogP contribution is -2.14. The number of halogens is 1. The van der Waals surface area contributed by atoms with Crippen LogP contribution in [0.5, 0.6) is 0 Å². The predicted molar refractivity (Wildman–Crippen MR) is 170 cm³/mol. The number of aryl methyl sites for hydroxylation is 2. The van der Waals surface area contributed by atoms with E-state index < -0.39 is 0 Å². The molecule has 2 N–H and O–H groups in total. The maximum absolute atomic E-state index is 9.51. The number of aromatic nitrogens is 2. The van der Waals surface area contributed by atoms with Crippen molar-refractivity contribution >= 4 is 28.3 Å². The van der Waals surface area contributed by atoms with E-state index in [2.05, 4.69) is 59.7 Å². The highest BCUT2D eigenvalue weighted by Crippen LogP contribution is 2.36. The molecule has 5 heteroatoms. The minimum atomic E-state index is 0.453. The highest BCUT2D eigenvalue weighted by atomic mass is 35.5. The molecule has 1 aliphatic carbocycles. The van der Waals surface area contributed by atoms with Crippen LogP contribution in [0, 0.1) is 11.3 Å². The number of fused-ring (bicyclic) bond motifs is 1. The molecule has 0 unspecified atom stereocenters. The summed E-state index contributed by atoms with van der Waals surface area (Å²) >= 11 is 6.12. The standard InChI is InChI=1S/C36H33ClN4/c1-24(39)29-16-20-35-34(22-29)40-36(41(35)32-5-3-2-4-6-32)28-11-7-25(8-12-28)9-13-30-21-26(23-38)10-19-33(30)27-14-17-31(37)18-15-27/h7-8,10-12,14-22,32H,1-6,9,13,39H2. The van der Waals surface area contributed by atoms with Crippen molar-refractivity contribution in [2.45, 2.75) is 51.0 Å². The van der Waals surface area contributed by atoms with Gasteiger partial charge in [0.15, 0.2) is 0 Å². The molecule has 0 radical (unpaired) electrons. The Kier molecular flexibility index (Phi) is 7.63. The Morgan fingerprint density at radius 1 is 0.902 bits per heavy atom. The Morgan fingerprint density at radius 3 is 2.34 bits per heavy atom. The second-order valence-electron chi connectivity index (χ2n) is 11.0. The lowest BCUT2D eigenvalue weighted by Gasteiger charge is -2.25. The van der Waals surface area contributed by atoms with Crippen LogP contribution in [0.3, 0.4) is 0 Å². The van der Waals surface area contributed by atoms with Gasteiger partial charge in [-0.1, -0.05) is 86.0 Å². The van der Waals surface area contributed by atoms with Crippen molar-refractivity contribution in [3.8, 4) is 28.6 Å². The Balaban J connectivity index is 1.29. The summed E-state index contributed by atoms with van der Waals surface area (Å²) in [5.74, 6) is 1.02. The number of nitrogens with zero attached hydrogens (tertiary/aromatic N) is 3. The molecule has 1 aromatic heterocycles. The van der Waals surface area contributed by atoms with E-state index in [1.165, 1.54) is 37.7 Å². The first-order valence-corrected chi connectivity index (χ1v) is 14.7. The van der Waals surface area contributed by atoms with Gasteiger partial charge in [0.2, 0.25) is 0 Å². The zero-order valence-corrected chi connectivity index (χ0v) is 23.9. The quantitative estimate of drug-likeness (QED) is 0.217. The van der Waals surface area contributed by atoms with Crippen LogP contribution >= 0.6 is 11.6 Å². The number of imidazole rings is 1. The zero-order valence-electron chi connectivity index (χ0n) is 23.1. The zero-order chi connectivity index (χ0) is 28.3. The summed E-state index contributed by atoms with van der Waals surface area (Å²) in [6.07, 6.45) is 7.88. The van der Waals surface area contributed by atoms with Crippen LogP contribution in [-0.4, -0.2) is 9.55 Å². The summed E-state index contributed by atoms with van der Waals surface area (Å²) in [6.45, 7) is 3.92. The molecule has 0 spiro atoms. The second kappa shape index (κ2) is 11.6. The van der Waals surface area contributed by atoms with Gasteiger partial charge in [-0.05, 0) is 89.9 Å². The van der Waals surface area contributed by atoms with E-state index >= 15 is 0 Å². The van der Waals surface area contributed by atoms with E-state index in [-0.39, 0.29) is 0 Å². The minimum absolute atomic E-state index is 0.453. The van der Waals surface area contributed by atoms with Gasteiger partial charge >= 0.3 is 0 Å². The molecule has 0 bridgehead atoms. The van der Waals surface area contributed by atoms with E-state index in [9.17, 15) is 5.26 Å². The molecule has 41 heavy (non-hydrogen) atoms. The van der Waals surface area contributed by atoms with Crippen LogP contribution < -0.4 is 5.73 Å². The maximum atomic E-state index is 9.51. The third-order valence-corrected chi connectivity index (χ3v) is 8.54. The van der Waals surface area contributed by atoms with E-state index in [1.54, 1.807) is 0 Å². The molecular weight excluding hydrogens is 524 g/mol. The lowest BCUT2D eigenvalue weighted by atomic mass is 9.93. The van der Waals surface area contributed by atoms with Crippen molar-refractivity contribution in [3.63, 3.8) is 0 Å². The smallest absolute Gasteiger partial charge is 0.141 e. The topological polar surface area (TPSA) is 67.6 Å². The van der Waals surface area contributed by atoms with Gasteiger partial charge in [0.25, 0.3) is 0 Å². The summed E-state index contributed by atoms with van der Waals surface area (Å²) < 4.78 is 2.46. The number of nitriles is 1. The van der Waals surface area contributed by atoms with E-state index in [1.807, 2.05) is 42.5 Å². The highest BCUT2D eigenvalue weighted by molar-refractivity contribution is 6.30. The molecule has 1 saturated carbocycles. The summed E-state index contributed by atoms with van der Waals surface area (Å²) in [7, 11) is 0. The molecule has 0 atom stereocenters. The van der Waals surface area contributed by atoms with Gasteiger partial charge in [0.05, 0.1) is 22.7 Å². The van der Waals surface area contributed by atoms with Crippen molar-refractivity contribution in [2.75, 3.05) is 0 Å². The first-order valence-electron chi connectivity index (χ1n) is 14.3. The number of hydrogen-bond donors (Lipinski definition) is 1. The van der Waals surface area contributed by atoms with Gasteiger partial charge in [-0.25, -0.2) is 4.98 Å². The van der Waals surface area contributed by atoms with Crippen LogP contribution in [0.25, 0.3) is 39.2 Å². The molecule has 204 valence electrons. The summed E-state index contributed by atoms with van der Waals surface area (Å²) in [6, 6.07) is 31.6. The molecule has 1 fully saturated rings. The Labute approximate surface area is 246 Å². The third-order valence-electron chi connectivity index (χ3n) is 8.28. The van der Waals surface area contributed by atoms with Crippen molar-refractivity contribution in [2.24, 2.45) is 5.73 Å². The van der Waals surface area contributed by atoms with Crippen LogP contribution in [0.15, 0.2) is 91.5 Å². The highest BCUT2D eigenvalue weighted by Gasteiger charge is 2.22. The average Bonchev–Trinajstić information content (AvgIpc) is 3.40. The average molecular weight is 557 g/mol. The van der Waals surface area contributed by atoms with Gasteiger partial charge in [-0.2, -0.15) is 5.26 Å². The first-order chi connectivity index (χ1) is 20.0. The molecule has 0 amide bonds. The normalized spacial score (nSPS) is 13.8. The molecule has 1 aliphatic rings. The van der Waals surface area contributed by atoms with Crippen molar-refractivity contribution in [1.29, 1.82) is 5.26 Å². The number of rotatable bonds is 7. The molecule has 1 heterocycles. The van der Waals surface area contributed by atoms with Gasteiger partial charge < -0.3 is 10.3 Å². The van der Waals surface area contributed by atoms with Crippen LogP contribution in [0.2, 0.25) is 5.02 Å². The number of hydrogen-bond acceptors (Lipinski definition) is 3. The molecule has 6 rings (SSSR count). The largest absolute Gasteiger partial charge is 0.399 e. The van der Waals surface area contributed by atoms with E-state index in [0.717, 1.165) is 57.5 Å². The molecule has 0 saturated heterocycles. The van der Waals surface area contributed by atoms with Crippen LogP contribution in [-0.2, 0) is 12.8 Å². The summed E-state index contributed by atoms with van der Waals surface area (Å²) in [4.78, 5) is 5.12. The molecule has 0 aliphatic heterocycles. The van der Waals surface area contributed by atoms with Crippen molar-refractivity contribution in [3.05, 3.63) is 119 Å². The Morgan fingerprint density at radius 2 is 1.63 bits per heavy atom. The summed E-state index contributed by atoms with van der Waals surface area (Å²) in [5, 5.41) is 10.2. The number of nitrogens with two attached hydrogens (primary N) is 1. The lowest BCUT2D eigenvalue weighted by molar-refractivity contribution is 0.362. The van der Waals surface area contributed by atoms with E-state index in [0.29, 0.717) is 22.3 Å². The predicted octanol–water partition coefficient (Wildman–Crippen LogP) is 9.12. The molecule has 4 nitrogen and oxygen atoms in total. The van der Waals surface area contributed by atoms with Gasteiger partial charge in [0, 0.05) is 22.3 Å². The molecule has 4 aromatic carbocycles. The second-order valence-corrected chi connectivity index (χ2v) is 11.4.